The number of carbonyl (C=O) groups excluding carboxylic acids is 1. The van der Waals surface area contributed by atoms with E-state index in [9.17, 15) is 14.7 Å². The molecule has 2 N–H and O–H groups in total. The predicted molar refractivity (Wildman–Crippen MR) is 138 cm³/mol. The van der Waals surface area contributed by atoms with E-state index < -0.39 is 23.6 Å². The lowest BCUT2D eigenvalue weighted by molar-refractivity contribution is -0.140. The predicted octanol–water partition coefficient (Wildman–Crippen LogP) is 7.69. The first-order chi connectivity index (χ1) is 17.4. The largest absolute Gasteiger partial charge is 0.481 e. The van der Waals surface area contributed by atoms with Crippen LogP contribution in [0.3, 0.4) is 0 Å². The second-order valence-corrected chi connectivity index (χ2v) is 9.31. The van der Waals surface area contributed by atoms with Gasteiger partial charge in [0.25, 0.3) is 0 Å². The first-order valence-electron chi connectivity index (χ1n) is 11.6. The highest BCUT2D eigenvalue weighted by molar-refractivity contribution is 6.31. The van der Waals surface area contributed by atoms with Crippen LogP contribution in [0.5, 0.6) is 0 Å². The maximum Gasteiger partial charge on any atom is 0.414 e. The van der Waals surface area contributed by atoms with Crippen LogP contribution >= 0.6 is 11.6 Å². The lowest BCUT2D eigenvalue weighted by Gasteiger charge is -2.15. The van der Waals surface area contributed by atoms with E-state index in [1.165, 1.54) is 6.26 Å². The molecule has 0 saturated heterocycles. The molecule has 6 nitrogen and oxygen atoms in total. The van der Waals surface area contributed by atoms with Gasteiger partial charge in [-0.15, -0.1) is 0 Å². The third kappa shape index (κ3) is 4.60. The first kappa shape index (κ1) is 23.7. The second-order valence-electron chi connectivity index (χ2n) is 8.90. The molecule has 36 heavy (non-hydrogen) atoms. The van der Waals surface area contributed by atoms with Gasteiger partial charge in [0.15, 0.2) is 0 Å². The number of amides is 1. The number of carbonyl (C=O) groups is 2. The number of hydrogen-bond donors (Lipinski definition) is 2. The number of furan rings is 1. The molecule has 7 heteroatoms. The van der Waals surface area contributed by atoms with Crippen LogP contribution < -0.4 is 5.32 Å². The van der Waals surface area contributed by atoms with Gasteiger partial charge < -0.3 is 14.3 Å². The van der Waals surface area contributed by atoms with Crippen molar-refractivity contribution < 1.29 is 23.8 Å². The van der Waals surface area contributed by atoms with Crippen LogP contribution in [-0.2, 0) is 14.9 Å². The van der Waals surface area contributed by atoms with Crippen molar-refractivity contribution in [1.29, 1.82) is 0 Å². The molecule has 5 rings (SSSR count). The molecule has 0 radical (unpaired) electrons. The number of anilines is 1. The van der Waals surface area contributed by atoms with E-state index in [0.29, 0.717) is 23.4 Å². The van der Waals surface area contributed by atoms with Gasteiger partial charge in [-0.05, 0) is 54.2 Å². The normalized spacial score (nSPS) is 14.6. The van der Waals surface area contributed by atoms with Gasteiger partial charge in [0, 0.05) is 16.1 Å². The molecule has 0 bridgehead atoms. The first-order valence-corrected chi connectivity index (χ1v) is 12.0. The third-order valence-electron chi connectivity index (χ3n) is 6.63. The number of nitrogens with one attached hydrogen (secondary N) is 1. The van der Waals surface area contributed by atoms with Gasteiger partial charge in [-0.3, -0.25) is 10.1 Å². The van der Waals surface area contributed by atoms with Crippen molar-refractivity contribution in [3.63, 3.8) is 0 Å². The van der Waals surface area contributed by atoms with Crippen LogP contribution in [0.15, 0.2) is 89.5 Å². The monoisotopic (exact) mass is 501 g/mol. The highest BCUT2D eigenvalue weighted by atomic mass is 35.5. The molecule has 1 heterocycles. The molecule has 0 aliphatic heterocycles. The topological polar surface area (TPSA) is 88.8 Å². The summed E-state index contributed by atoms with van der Waals surface area (Å²) in [6, 6.07) is 24.5. The van der Waals surface area contributed by atoms with E-state index in [1.54, 1.807) is 19.1 Å². The van der Waals surface area contributed by atoms with Gasteiger partial charge in [-0.1, -0.05) is 78.3 Å². The average molecular weight is 502 g/mol. The minimum absolute atomic E-state index is 0.284. The SMILES string of the molecule is CC(OC(=O)Nc1occc1-c1ccc(-c2ccc(C3(C(=O)O)CC3)cc2)cc1)c1ccccc1Cl. The van der Waals surface area contributed by atoms with Crippen molar-refractivity contribution in [2.75, 3.05) is 5.32 Å². The van der Waals surface area contributed by atoms with Gasteiger partial charge in [-0.2, -0.15) is 0 Å². The Kier molecular flexibility index (Phi) is 6.29. The average Bonchev–Trinajstić information content (AvgIpc) is 3.58. The van der Waals surface area contributed by atoms with Crippen molar-refractivity contribution in [3.8, 4) is 22.3 Å². The van der Waals surface area contributed by atoms with Gasteiger partial charge in [0.2, 0.25) is 5.88 Å². The molecule has 1 unspecified atom stereocenters. The van der Waals surface area contributed by atoms with E-state index in [1.807, 2.05) is 66.7 Å². The van der Waals surface area contributed by atoms with E-state index in [-0.39, 0.29) is 5.88 Å². The smallest absolute Gasteiger partial charge is 0.414 e. The maximum absolute atomic E-state index is 12.5. The fourth-order valence-corrected chi connectivity index (χ4v) is 4.65. The summed E-state index contributed by atoms with van der Waals surface area (Å²) in [5.74, 6) is -0.474. The fraction of sp³-hybridized carbons (Fsp3) is 0.172. The van der Waals surface area contributed by atoms with Crippen molar-refractivity contribution in [2.45, 2.75) is 31.3 Å². The Labute approximate surface area is 213 Å². The molecule has 1 aliphatic carbocycles. The van der Waals surface area contributed by atoms with Crippen LogP contribution in [0.25, 0.3) is 22.3 Å². The zero-order chi connectivity index (χ0) is 25.3. The quantitative estimate of drug-likeness (QED) is 0.271. The number of aliphatic carboxylic acids is 1. The van der Waals surface area contributed by atoms with Gasteiger partial charge in [0.05, 0.1) is 11.7 Å². The molecular formula is C29H24ClNO5. The summed E-state index contributed by atoms with van der Waals surface area (Å²) in [6.45, 7) is 1.75. The molecular weight excluding hydrogens is 478 g/mol. The number of halogens is 1. The highest BCUT2D eigenvalue weighted by Gasteiger charge is 2.51. The van der Waals surface area contributed by atoms with E-state index in [0.717, 1.165) is 27.8 Å². The molecule has 1 aliphatic rings. The lowest BCUT2D eigenvalue weighted by atomic mass is 9.93. The molecule has 1 fully saturated rings. The van der Waals surface area contributed by atoms with Crippen molar-refractivity contribution in [3.05, 3.63) is 101 Å². The molecule has 3 aromatic carbocycles. The van der Waals surface area contributed by atoms with E-state index >= 15 is 0 Å². The molecule has 1 atom stereocenters. The zero-order valence-corrected chi connectivity index (χ0v) is 20.3. The van der Waals surface area contributed by atoms with E-state index in [2.05, 4.69) is 5.32 Å². The minimum Gasteiger partial charge on any atom is -0.481 e. The van der Waals surface area contributed by atoms with Crippen LogP contribution in [0.1, 0.15) is 37.0 Å². The number of carboxylic acid groups (broad SMARTS) is 1. The van der Waals surface area contributed by atoms with Crippen LogP contribution in [-0.4, -0.2) is 17.2 Å². The van der Waals surface area contributed by atoms with E-state index in [4.69, 9.17) is 20.8 Å². The molecule has 182 valence electrons. The zero-order valence-electron chi connectivity index (χ0n) is 19.5. The Bertz CT molecular complexity index is 1400. The van der Waals surface area contributed by atoms with Gasteiger partial charge in [0.1, 0.15) is 6.10 Å². The Balaban J connectivity index is 1.27. The summed E-state index contributed by atoms with van der Waals surface area (Å²) in [5.41, 5.74) is 4.43. The van der Waals surface area contributed by atoms with Crippen LogP contribution in [0.2, 0.25) is 5.02 Å². The molecule has 1 saturated carbocycles. The third-order valence-corrected chi connectivity index (χ3v) is 6.98. The summed E-state index contributed by atoms with van der Waals surface area (Å²) in [7, 11) is 0. The second kappa shape index (κ2) is 9.55. The van der Waals surface area contributed by atoms with Crippen LogP contribution in [0, 0.1) is 0 Å². The van der Waals surface area contributed by atoms with Crippen molar-refractivity contribution >= 4 is 29.5 Å². The number of ether oxygens (including phenoxy) is 1. The number of rotatable bonds is 7. The summed E-state index contributed by atoms with van der Waals surface area (Å²) in [4.78, 5) is 24.1. The Morgan fingerprint density at radius 1 is 0.944 bits per heavy atom. The van der Waals surface area contributed by atoms with Gasteiger partial charge in [-0.25, -0.2) is 4.79 Å². The maximum atomic E-state index is 12.5. The highest BCUT2D eigenvalue weighted by Crippen LogP contribution is 2.48. The Morgan fingerprint density at radius 2 is 1.56 bits per heavy atom. The number of benzene rings is 3. The minimum atomic E-state index is -0.758. The summed E-state index contributed by atoms with van der Waals surface area (Å²) < 4.78 is 11.0. The summed E-state index contributed by atoms with van der Waals surface area (Å²) >= 11 is 6.20. The fourth-order valence-electron chi connectivity index (χ4n) is 4.36. The lowest BCUT2D eigenvalue weighted by Crippen LogP contribution is -2.19. The summed E-state index contributed by atoms with van der Waals surface area (Å²) in [5, 5.41) is 12.7. The number of carboxylic acids is 1. The van der Waals surface area contributed by atoms with Gasteiger partial charge >= 0.3 is 12.1 Å². The Morgan fingerprint density at radius 3 is 2.17 bits per heavy atom. The molecule has 0 spiro atoms. The van der Waals surface area contributed by atoms with Crippen molar-refractivity contribution in [1.82, 2.24) is 0 Å². The van der Waals surface area contributed by atoms with Crippen LogP contribution in [0.4, 0.5) is 10.7 Å². The molecule has 4 aromatic rings. The van der Waals surface area contributed by atoms with Crippen molar-refractivity contribution in [2.24, 2.45) is 0 Å². The summed E-state index contributed by atoms with van der Waals surface area (Å²) in [6.07, 6.45) is 1.69. The Hall–Kier alpha value is -4.03. The number of hydrogen-bond acceptors (Lipinski definition) is 4. The molecule has 1 amide bonds. The standard InChI is InChI=1S/C29H24ClNO5/c1-18(23-4-2-3-5-25(23)30)36-28(34)31-26-24(14-17-35-26)21-8-6-19(7-9-21)20-10-12-22(13-11-20)29(15-16-29)27(32)33/h2-14,17-18H,15-16H2,1H3,(H,31,34)(H,32,33). The molecule has 1 aromatic heterocycles.